The van der Waals surface area contributed by atoms with Crippen LogP contribution in [-0.2, 0) is 31.8 Å². The Hall–Kier alpha value is -3.68. The fourth-order valence-corrected chi connectivity index (χ4v) is 3.56. The SMILES string of the molecule is CC(C)(C)c1ccc(C2(C)NC(=O)N(CC(=O)Nc3ccc(CC(=O)O)cc3)C2=O)cc1. The Balaban J connectivity index is 1.69. The smallest absolute Gasteiger partial charge is 0.325 e. The number of hydrogen-bond donors (Lipinski definition) is 3. The quantitative estimate of drug-likeness (QED) is 0.601. The van der Waals surface area contributed by atoms with E-state index >= 15 is 0 Å². The fraction of sp³-hybridized carbons (Fsp3) is 0.333. The Bertz CT molecular complexity index is 1050. The first-order valence-electron chi connectivity index (χ1n) is 10.3. The zero-order valence-corrected chi connectivity index (χ0v) is 18.6. The Morgan fingerprint density at radius 3 is 2.16 bits per heavy atom. The number of aliphatic carboxylic acids is 1. The zero-order chi connectivity index (χ0) is 23.7. The van der Waals surface area contributed by atoms with Gasteiger partial charge >= 0.3 is 12.0 Å². The summed E-state index contributed by atoms with van der Waals surface area (Å²) >= 11 is 0. The topological polar surface area (TPSA) is 116 Å². The number of nitrogens with zero attached hydrogens (tertiary/aromatic N) is 1. The summed E-state index contributed by atoms with van der Waals surface area (Å²) in [7, 11) is 0. The molecule has 8 heteroatoms. The lowest BCUT2D eigenvalue weighted by Crippen LogP contribution is -2.42. The van der Waals surface area contributed by atoms with Crippen molar-refractivity contribution in [2.75, 3.05) is 11.9 Å². The minimum atomic E-state index is -1.26. The van der Waals surface area contributed by atoms with Gasteiger partial charge in [-0.2, -0.15) is 0 Å². The van der Waals surface area contributed by atoms with Crippen molar-refractivity contribution in [3.8, 4) is 0 Å². The number of nitrogens with one attached hydrogen (secondary N) is 2. The molecule has 0 bridgehead atoms. The van der Waals surface area contributed by atoms with Crippen LogP contribution in [0, 0.1) is 0 Å². The molecule has 1 atom stereocenters. The molecule has 1 aliphatic heterocycles. The lowest BCUT2D eigenvalue weighted by atomic mass is 9.84. The molecule has 1 aliphatic rings. The van der Waals surface area contributed by atoms with Crippen LogP contribution in [0.25, 0.3) is 0 Å². The minimum Gasteiger partial charge on any atom is -0.481 e. The molecule has 1 unspecified atom stereocenters. The van der Waals surface area contributed by atoms with Gasteiger partial charge in [0, 0.05) is 5.69 Å². The number of carboxylic acid groups (broad SMARTS) is 1. The van der Waals surface area contributed by atoms with Gasteiger partial charge in [0.05, 0.1) is 6.42 Å². The maximum Gasteiger partial charge on any atom is 0.325 e. The summed E-state index contributed by atoms with van der Waals surface area (Å²) < 4.78 is 0. The number of benzene rings is 2. The predicted molar refractivity (Wildman–Crippen MR) is 119 cm³/mol. The van der Waals surface area contributed by atoms with Crippen molar-refractivity contribution in [2.45, 2.75) is 45.1 Å². The number of urea groups is 1. The van der Waals surface area contributed by atoms with Gasteiger partial charge in [-0.3, -0.25) is 19.3 Å². The highest BCUT2D eigenvalue weighted by molar-refractivity contribution is 6.10. The van der Waals surface area contributed by atoms with E-state index in [4.69, 9.17) is 5.11 Å². The second-order valence-electron chi connectivity index (χ2n) is 9.09. The molecule has 0 aliphatic carbocycles. The van der Waals surface area contributed by atoms with E-state index in [1.807, 2.05) is 24.3 Å². The van der Waals surface area contributed by atoms with Crippen LogP contribution >= 0.6 is 0 Å². The molecule has 0 saturated carbocycles. The van der Waals surface area contributed by atoms with E-state index in [9.17, 15) is 19.2 Å². The van der Waals surface area contributed by atoms with Crippen molar-refractivity contribution in [1.29, 1.82) is 0 Å². The van der Waals surface area contributed by atoms with E-state index < -0.39 is 35.9 Å². The molecule has 3 N–H and O–H groups in total. The van der Waals surface area contributed by atoms with Crippen LogP contribution in [0.15, 0.2) is 48.5 Å². The van der Waals surface area contributed by atoms with Crippen LogP contribution in [0.1, 0.15) is 44.4 Å². The molecule has 3 rings (SSSR count). The van der Waals surface area contributed by atoms with Gasteiger partial charge in [-0.05, 0) is 41.2 Å². The summed E-state index contributed by atoms with van der Waals surface area (Å²) in [6, 6.07) is 13.2. The van der Waals surface area contributed by atoms with Crippen molar-refractivity contribution < 1.29 is 24.3 Å². The molecule has 168 valence electrons. The highest BCUT2D eigenvalue weighted by atomic mass is 16.4. The molecule has 1 fully saturated rings. The average Bonchev–Trinajstić information content (AvgIpc) is 2.92. The second kappa shape index (κ2) is 8.45. The van der Waals surface area contributed by atoms with Gasteiger partial charge in [0.15, 0.2) is 0 Å². The number of carbonyl (C=O) groups excluding carboxylic acids is 3. The Morgan fingerprint density at radius 1 is 1.03 bits per heavy atom. The number of anilines is 1. The molecule has 0 radical (unpaired) electrons. The van der Waals surface area contributed by atoms with Gasteiger partial charge in [0.2, 0.25) is 5.91 Å². The van der Waals surface area contributed by atoms with E-state index in [0.717, 1.165) is 10.5 Å². The van der Waals surface area contributed by atoms with Gasteiger partial charge < -0.3 is 15.7 Å². The lowest BCUT2D eigenvalue weighted by Gasteiger charge is -2.24. The molecule has 32 heavy (non-hydrogen) atoms. The maximum atomic E-state index is 13.1. The summed E-state index contributed by atoms with van der Waals surface area (Å²) in [4.78, 5) is 49.7. The van der Waals surface area contributed by atoms with E-state index in [1.54, 1.807) is 31.2 Å². The van der Waals surface area contributed by atoms with Gasteiger partial charge in [-0.25, -0.2) is 4.79 Å². The van der Waals surface area contributed by atoms with Crippen LogP contribution < -0.4 is 10.6 Å². The van der Waals surface area contributed by atoms with Crippen LogP contribution in [0.5, 0.6) is 0 Å². The van der Waals surface area contributed by atoms with Crippen LogP contribution in [0.2, 0.25) is 0 Å². The summed E-state index contributed by atoms with van der Waals surface area (Å²) in [6.07, 6.45) is -0.119. The number of rotatable bonds is 6. The third-order valence-electron chi connectivity index (χ3n) is 5.50. The summed E-state index contributed by atoms with van der Waals surface area (Å²) in [6.45, 7) is 7.46. The van der Waals surface area contributed by atoms with Gasteiger partial charge in [0.25, 0.3) is 5.91 Å². The summed E-state index contributed by atoms with van der Waals surface area (Å²) in [5, 5.41) is 14.1. The minimum absolute atomic E-state index is 0.0433. The van der Waals surface area contributed by atoms with E-state index in [2.05, 4.69) is 31.4 Å². The number of carboxylic acids is 1. The monoisotopic (exact) mass is 437 g/mol. The van der Waals surface area contributed by atoms with E-state index in [1.165, 1.54) is 0 Å². The van der Waals surface area contributed by atoms with Crippen LogP contribution in [0.3, 0.4) is 0 Å². The highest BCUT2D eigenvalue weighted by Crippen LogP contribution is 2.31. The first-order chi connectivity index (χ1) is 14.9. The number of hydrogen-bond acceptors (Lipinski definition) is 4. The molecule has 1 saturated heterocycles. The van der Waals surface area contributed by atoms with Gasteiger partial charge in [-0.1, -0.05) is 57.2 Å². The highest BCUT2D eigenvalue weighted by Gasteiger charge is 2.49. The Morgan fingerprint density at radius 2 is 1.62 bits per heavy atom. The van der Waals surface area contributed by atoms with Crippen molar-refractivity contribution in [3.05, 3.63) is 65.2 Å². The first kappa shape index (κ1) is 23.0. The fourth-order valence-electron chi connectivity index (χ4n) is 3.56. The predicted octanol–water partition coefficient (Wildman–Crippen LogP) is 3.02. The molecule has 2 aromatic rings. The summed E-state index contributed by atoms with van der Waals surface area (Å²) in [5.41, 5.74) is 1.48. The van der Waals surface area contributed by atoms with Gasteiger partial charge in [-0.15, -0.1) is 0 Å². The molecule has 0 aromatic heterocycles. The Labute approximate surface area is 186 Å². The van der Waals surface area contributed by atoms with Gasteiger partial charge in [0.1, 0.15) is 12.1 Å². The maximum absolute atomic E-state index is 13.1. The zero-order valence-electron chi connectivity index (χ0n) is 18.6. The number of imide groups is 1. The van der Waals surface area contributed by atoms with Crippen molar-refractivity contribution in [3.63, 3.8) is 0 Å². The van der Waals surface area contributed by atoms with Crippen molar-refractivity contribution in [2.24, 2.45) is 0 Å². The van der Waals surface area contributed by atoms with Crippen molar-refractivity contribution >= 4 is 29.5 Å². The molecular weight excluding hydrogens is 410 g/mol. The van der Waals surface area contributed by atoms with Crippen LogP contribution in [0.4, 0.5) is 10.5 Å². The largest absolute Gasteiger partial charge is 0.481 e. The molecule has 4 amide bonds. The molecule has 8 nitrogen and oxygen atoms in total. The molecule has 2 aromatic carbocycles. The average molecular weight is 437 g/mol. The first-order valence-corrected chi connectivity index (χ1v) is 10.3. The van der Waals surface area contributed by atoms with E-state index in [0.29, 0.717) is 16.8 Å². The third-order valence-corrected chi connectivity index (χ3v) is 5.50. The number of amides is 4. The number of carbonyl (C=O) groups is 4. The lowest BCUT2D eigenvalue weighted by molar-refractivity contribution is -0.136. The standard InChI is InChI=1S/C24H27N3O5/c1-23(2,3)16-7-9-17(10-8-16)24(4)21(31)27(22(32)26-24)14-19(28)25-18-11-5-15(6-12-18)13-20(29)30/h5-12H,13-14H2,1-4H3,(H,25,28)(H,26,32)(H,29,30). The van der Waals surface area contributed by atoms with Crippen LogP contribution in [-0.4, -0.2) is 40.4 Å². The third kappa shape index (κ3) is 4.80. The molecular formula is C24H27N3O5. The second-order valence-corrected chi connectivity index (χ2v) is 9.09. The molecule has 1 heterocycles. The van der Waals surface area contributed by atoms with Crippen molar-refractivity contribution in [1.82, 2.24) is 10.2 Å². The van der Waals surface area contributed by atoms with E-state index in [-0.39, 0.29) is 11.8 Å². The summed E-state index contributed by atoms with van der Waals surface area (Å²) in [5.74, 6) is -1.98. The normalized spacial score (nSPS) is 18.4. The molecule has 0 spiro atoms. The Kier molecular flexibility index (Phi) is 6.07.